The molecule has 4 rings (SSSR count). The maximum absolute atomic E-state index is 13.4. The second-order valence-electron chi connectivity index (χ2n) is 9.41. The van der Waals surface area contributed by atoms with Crippen molar-refractivity contribution in [2.24, 2.45) is 0 Å². The van der Waals surface area contributed by atoms with Crippen molar-refractivity contribution in [3.63, 3.8) is 0 Å². The smallest absolute Gasteiger partial charge is 0.241 e. The van der Waals surface area contributed by atoms with Gasteiger partial charge in [-0.25, -0.2) is 4.39 Å². The highest BCUT2D eigenvalue weighted by atomic mass is 19.1. The van der Waals surface area contributed by atoms with Gasteiger partial charge in [-0.1, -0.05) is 19.9 Å². The van der Waals surface area contributed by atoms with Gasteiger partial charge in [0.1, 0.15) is 5.82 Å². The Hall–Kier alpha value is -2.31. The monoisotopic (exact) mass is 410 g/mol. The summed E-state index contributed by atoms with van der Waals surface area (Å²) in [4.78, 5) is 22.1. The van der Waals surface area contributed by atoms with Gasteiger partial charge in [0.15, 0.2) is 0 Å². The van der Waals surface area contributed by atoms with Crippen LogP contribution in [0, 0.1) is 12.7 Å². The van der Waals surface area contributed by atoms with Gasteiger partial charge < -0.3 is 10.2 Å². The van der Waals surface area contributed by atoms with Crippen molar-refractivity contribution in [3.05, 3.63) is 58.7 Å². The van der Waals surface area contributed by atoms with Gasteiger partial charge in [-0.05, 0) is 55.2 Å². The Morgan fingerprint density at radius 2 is 2.13 bits per heavy atom. The summed E-state index contributed by atoms with van der Waals surface area (Å²) in [5.41, 5.74) is 4.76. The topological polar surface area (TPSA) is 48.5 Å². The van der Waals surface area contributed by atoms with Crippen molar-refractivity contribution in [1.82, 2.24) is 15.2 Å². The van der Waals surface area contributed by atoms with Crippen molar-refractivity contribution in [2.45, 2.75) is 45.6 Å². The molecule has 1 fully saturated rings. The molecule has 0 radical (unpaired) electrons. The van der Waals surface area contributed by atoms with Gasteiger partial charge in [0.2, 0.25) is 5.91 Å². The van der Waals surface area contributed by atoms with Crippen molar-refractivity contribution in [3.8, 4) is 0 Å². The van der Waals surface area contributed by atoms with E-state index >= 15 is 0 Å². The number of rotatable bonds is 4. The number of fused-ring (bicyclic) bond motifs is 1. The van der Waals surface area contributed by atoms with Crippen LogP contribution in [0.15, 0.2) is 30.5 Å². The van der Waals surface area contributed by atoms with E-state index in [0.717, 1.165) is 47.7 Å². The SMILES string of the molecule is Cc1cc(F)ccc1Cc1cnc2c(c1)N(C(=O)CN1CCNC(C)C1)CC2(C)C. The molecule has 0 aliphatic carbocycles. The van der Waals surface area contributed by atoms with Crippen molar-refractivity contribution in [2.75, 3.05) is 37.6 Å². The van der Waals surface area contributed by atoms with Crippen molar-refractivity contribution >= 4 is 11.6 Å². The summed E-state index contributed by atoms with van der Waals surface area (Å²) in [7, 11) is 0. The lowest BCUT2D eigenvalue weighted by Gasteiger charge is -2.32. The van der Waals surface area contributed by atoms with Crippen LogP contribution >= 0.6 is 0 Å². The van der Waals surface area contributed by atoms with Gasteiger partial charge in [0, 0.05) is 43.8 Å². The lowest BCUT2D eigenvalue weighted by atomic mass is 9.91. The minimum atomic E-state index is -0.218. The number of halogens is 1. The fourth-order valence-corrected chi connectivity index (χ4v) is 4.61. The Labute approximate surface area is 178 Å². The molecule has 160 valence electrons. The van der Waals surface area contributed by atoms with E-state index in [9.17, 15) is 9.18 Å². The van der Waals surface area contributed by atoms with E-state index in [2.05, 4.69) is 37.1 Å². The highest BCUT2D eigenvalue weighted by molar-refractivity contribution is 5.97. The van der Waals surface area contributed by atoms with Crippen LogP contribution in [0.1, 0.15) is 43.2 Å². The second kappa shape index (κ2) is 8.08. The molecular formula is C24H31FN4O. The minimum Gasteiger partial charge on any atom is -0.312 e. The Balaban J connectivity index is 1.57. The van der Waals surface area contributed by atoms with Gasteiger partial charge in [0.25, 0.3) is 0 Å². The molecule has 2 aromatic rings. The maximum Gasteiger partial charge on any atom is 0.241 e. The normalized spacial score (nSPS) is 21.0. The third kappa shape index (κ3) is 4.25. The molecule has 1 aromatic heterocycles. The molecule has 2 aliphatic rings. The van der Waals surface area contributed by atoms with E-state index in [-0.39, 0.29) is 17.1 Å². The van der Waals surface area contributed by atoms with Gasteiger partial charge in [-0.3, -0.25) is 14.7 Å². The van der Waals surface area contributed by atoms with Crippen molar-refractivity contribution in [1.29, 1.82) is 0 Å². The van der Waals surface area contributed by atoms with E-state index in [0.29, 0.717) is 25.6 Å². The Morgan fingerprint density at radius 3 is 2.87 bits per heavy atom. The molecule has 1 unspecified atom stereocenters. The number of amides is 1. The molecule has 1 amide bonds. The molecule has 2 aliphatic heterocycles. The van der Waals surface area contributed by atoms with Crippen LogP contribution < -0.4 is 10.2 Å². The predicted octanol–water partition coefficient (Wildman–Crippen LogP) is 3.04. The van der Waals surface area contributed by atoms with Crippen LogP contribution in [0.5, 0.6) is 0 Å². The van der Waals surface area contributed by atoms with Crippen LogP contribution in [0.25, 0.3) is 0 Å². The Kier molecular flexibility index (Phi) is 5.64. The molecule has 1 saturated heterocycles. The summed E-state index contributed by atoms with van der Waals surface area (Å²) < 4.78 is 13.4. The van der Waals surface area contributed by atoms with E-state index in [1.54, 1.807) is 6.07 Å². The van der Waals surface area contributed by atoms with E-state index in [4.69, 9.17) is 4.98 Å². The number of aromatic nitrogens is 1. The summed E-state index contributed by atoms with van der Waals surface area (Å²) in [6.45, 7) is 12.1. The molecule has 6 heteroatoms. The number of aryl methyl sites for hydroxylation is 1. The summed E-state index contributed by atoms with van der Waals surface area (Å²) in [5, 5.41) is 3.42. The molecule has 0 saturated carbocycles. The standard InChI is InChI=1S/C24H31FN4O/c1-16-9-20(25)6-5-19(16)10-18-11-21-23(27-12-18)24(3,4)15-29(21)22(30)14-28-8-7-26-17(2)13-28/h5-6,9,11-12,17,26H,7-8,10,13-15H2,1-4H3. The first-order chi connectivity index (χ1) is 14.2. The quantitative estimate of drug-likeness (QED) is 0.842. The highest BCUT2D eigenvalue weighted by Crippen LogP contribution is 2.39. The maximum atomic E-state index is 13.4. The third-order valence-corrected chi connectivity index (χ3v) is 6.22. The first-order valence-corrected chi connectivity index (χ1v) is 10.7. The fraction of sp³-hybridized carbons (Fsp3) is 0.500. The number of hydrogen-bond donors (Lipinski definition) is 1. The molecule has 30 heavy (non-hydrogen) atoms. The van der Waals surface area contributed by atoms with Crippen LogP contribution in [0.4, 0.5) is 10.1 Å². The van der Waals surface area contributed by atoms with E-state index in [1.165, 1.54) is 6.07 Å². The van der Waals surface area contributed by atoms with Gasteiger partial charge in [0.05, 0.1) is 17.9 Å². The van der Waals surface area contributed by atoms with Crippen LogP contribution in [-0.2, 0) is 16.6 Å². The van der Waals surface area contributed by atoms with Gasteiger partial charge in [-0.2, -0.15) is 0 Å². The first-order valence-electron chi connectivity index (χ1n) is 10.7. The molecular weight excluding hydrogens is 379 g/mol. The Morgan fingerprint density at radius 1 is 1.33 bits per heavy atom. The number of carbonyl (C=O) groups excluding carboxylic acids is 1. The molecule has 0 bridgehead atoms. The number of benzene rings is 1. The summed E-state index contributed by atoms with van der Waals surface area (Å²) in [5.74, 6) is -0.0862. The zero-order chi connectivity index (χ0) is 21.5. The molecule has 5 nitrogen and oxygen atoms in total. The molecule has 1 atom stereocenters. The highest BCUT2D eigenvalue weighted by Gasteiger charge is 2.40. The van der Waals surface area contributed by atoms with Crippen molar-refractivity contribution < 1.29 is 9.18 Å². The van der Waals surface area contributed by atoms with Crippen LogP contribution in [0.3, 0.4) is 0 Å². The largest absolute Gasteiger partial charge is 0.312 e. The van der Waals surface area contributed by atoms with Gasteiger partial charge in [-0.15, -0.1) is 0 Å². The average Bonchev–Trinajstić information content (AvgIpc) is 2.95. The summed E-state index contributed by atoms with van der Waals surface area (Å²) in [6.07, 6.45) is 2.57. The number of pyridine rings is 1. The number of nitrogens with one attached hydrogen (secondary N) is 1. The Bertz CT molecular complexity index is 958. The number of piperazine rings is 1. The summed E-state index contributed by atoms with van der Waals surface area (Å²) >= 11 is 0. The molecule has 3 heterocycles. The number of hydrogen-bond acceptors (Lipinski definition) is 4. The number of anilines is 1. The lowest BCUT2D eigenvalue weighted by molar-refractivity contribution is -0.120. The number of carbonyl (C=O) groups is 1. The zero-order valence-corrected chi connectivity index (χ0v) is 18.3. The third-order valence-electron chi connectivity index (χ3n) is 6.22. The van der Waals surface area contributed by atoms with E-state index in [1.807, 2.05) is 24.1 Å². The number of nitrogens with zero attached hydrogens (tertiary/aromatic N) is 3. The lowest BCUT2D eigenvalue weighted by Crippen LogP contribution is -2.52. The minimum absolute atomic E-state index is 0.132. The molecule has 1 aromatic carbocycles. The second-order valence-corrected chi connectivity index (χ2v) is 9.41. The fourth-order valence-electron chi connectivity index (χ4n) is 4.61. The van der Waals surface area contributed by atoms with Crippen LogP contribution in [0.2, 0.25) is 0 Å². The predicted molar refractivity (Wildman–Crippen MR) is 117 cm³/mol. The molecule has 1 N–H and O–H groups in total. The summed E-state index contributed by atoms with van der Waals surface area (Å²) in [6, 6.07) is 7.38. The molecule has 0 spiro atoms. The first kappa shape index (κ1) is 20.9. The zero-order valence-electron chi connectivity index (χ0n) is 18.3. The van der Waals surface area contributed by atoms with Crippen LogP contribution in [-0.4, -0.2) is 54.6 Å². The average molecular weight is 411 g/mol. The van der Waals surface area contributed by atoms with E-state index < -0.39 is 0 Å². The van der Waals surface area contributed by atoms with Gasteiger partial charge >= 0.3 is 0 Å².